The smallest absolute Gasteiger partial charge is 0.132 e. The van der Waals surface area contributed by atoms with Crippen LogP contribution in [0.2, 0.25) is 0 Å². The van der Waals surface area contributed by atoms with E-state index in [0.29, 0.717) is 0 Å². The Morgan fingerprint density at radius 3 is 2.70 bits per heavy atom. The highest BCUT2D eigenvalue weighted by molar-refractivity contribution is 7.99. The van der Waals surface area contributed by atoms with Gasteiger partial charge >= 0.3 is 0 Å². The largest absolute Gasteiger partial charge is 0.496 e. The van der Waals surface area contributed by atoms with Crippen molar-refractivity contribution in [3.8, 4) is 5.75 Å². The number of methoxy groups -OCH3 is 1. The van der Waals surface area contributed by atoms with Gasteiger partial charge in [0, 0.05) is 12.2 Å². The van der Waals surface area contributed by atoms with Gasteiger partial charge in [0.1, 0.15) is 10.8 Å². The number of benzene rings is 1. The molecule has 2 rings (SSSR count). The molecule has 4 heteroatoms. The molecule has 0 aliphatic heterocycles. The molecule has 2 aromatic rings. The zero-order valence-electron chi connectivity index (χ0n) is 11.9. The summed E-state index contributed by atoms with van der Waals surface area (Å²) in [5.74, 6) is 0.872. The topological polar surface area (TPSA) is 48.1 Å². The number of aromatic nitrogens is 1. The molecule has 0 bridgehead atoms. The summed E-state index contributed by atoms with van der Waals surface area (Å²) in [7, 11) is 1.68. The molecule has 0 amide bonds. The van der Waals surface area contributed by atoms with Crippen LogP contribution in [-0.2, 0) is 6.42 Å². The first-order valence-corrected chi connectivity index (χ1v) is 7.56. The Kier molecular flexibility index (Phi) is 5.44. The van der Waals surface area contributed by atoms with Gasteiger partial charge in [-0.3, -0.25) is 0 Å². The molecule has 1 aromatic carbocycles. The summed E-state index contributed by atoms with van der Waals surface area (Å²) in [5, 5.41) is 0.961. The number of para-hydroxylation sites is 1. The van der Waals surface area contributed by atoms with Crippen molar-refractivity contribution in [1.82, 2.24) is 4.98 Å². The fourth-order valence-corrected chi connectivity index (χ4v) is 2.72. The third-order valence-electron chi connectivity index (χ3n) is 3.10. The number of rotatable bonds is 6. The van der Waals surface area contributed by atoms with Gasteiger partial charge in [0.05, 0.1) is 12.0 Å². The molecule has 0 radical (unpaired) electrons. The van der Waals surface area contributed by atoms with Crippen LogP contribution in [-0.4, -0.2) is 18.1 Å². The van der Waals surface area contributed by atoms with Crippen LogP contribution in [0.5, 0.6) is 5.75 Å². The van der Waals surface area contributed by atoms with E-state index in [2.05, 4.69) is 18.0 Å². The van der Waals surface area contributed by atoms with E-state index >= 15 is 0 Å². The summed E-state index contributed by atoms with van der Waals surface area (Å²) < 4.78 is 5.34. The predicted molar refractivity (Wildman–Crippen MR) is 83.3 cm³/mol. The summed E-state index contributed by atoms with van der Waals surface area (Å²) in [6.07, 6.45) is 3.77. The van der Waals surface area contributed by atoms with E-state index in [1.807, 2.05) is 36.5 Å². The minimum atomic E-state index is 0.213. The monoisotopic (exact) mass is 288 g/mol. The van der Waals surface area contributed by atoms with Crippen molar-refractivity contribution in [1.29, 1.82) is 0 Å². The highest BCUT2D eigenvalue weighted by Gasteiger charge is 2.06. The van der Waals surface area contributed by atoms with Crippen molar-refractivity contribution in [3.05, 3.63) is 48.2 Å². The van der Waals surface area contributed by atoms with Crippen molar-refractivity contribution < 1.29 is 4.74 Å². The van der Waals surface area contributed by atoms with Crippen LogP contribution < -0.4 is 10.5 Å². The molecular weight excluding hydrogens is 268 g/mol. The van der Waals surface area contributed by atoms with Crippen LogP contribution in [0.15, 0.2) is 52.5 Å². The molecular formula is C16H20N2OS. The molecule has 0 saturated carbocycles. The molecule has 1 unspecified atom stereocenters. The molecule has 0 aliphatic rings. The Balaban J connectivity index is 2.07. The maximum absolute atomic E-state index is 5.95. The lowest BCUT2D eigenvalue weighted by Crippen LogP contribution is -2.21. The van der Waals surface area contributed by atoms with E-state index in [1.165, 1.54) is 5.56 Å². The van der Waals surface area contributed by atoms with Crippen LogP contribution >= 0.6 is 11.8 Å². The molecule has 3 nitrogen and oxygen atoms in total. The lowest BCUT2D eigenvalue weighted by atomic mass is 10.1. The van der Waals surface area contributed by atoms with Crippen molar-refractivity contribution in [2.75, 3.05) is 7.11 Å². The van der Waals surface area contributed by atoms with Crippen molar-refractivity contribution >= 4 is 11.8 Å². The third-order valence-corrected chi connectivity index (χ3v) is 4.11. The van der Waals surface area contributed by atoms with Crippen molar-refractivity contribution in [2.45, 2.75) is 35.7 Å². The zero-order valence-corrected chi connectivity index (χ0v) is 12.7. The average Bonchev–Trinajstić information content (AvgIpc) is 2.49. The number of hydrogen-bond acceptors (Lipinski definition) is 4. The zero-order chi connectivity index (χ0) is 14.4. The Hall–Kier alpha value is -1.52. The first-order valence-electron chi connectivity index (χ1n) is 6.74. The van der Waals surface area contributed by atoms with Crippen LogP contribution in [0.3, 0.4) is 0 Å². The molecule has 1 aromatic heterocycles. The van der Waals surface area contributed by atoms with E-state index in [9.17, 15) is 0 Å². The maximum Gasteiger partial charge on any atom is 0.132 e. The molecule has 0 saturated heterocycles. The number of ether oxygens (including phenoxy) is 1. The summed E-state index contributed by atoms with van der Waals surface area (Å²) in [5.41, 5.74) is 7.14. The minimum absolute atomic E-state index is 0.213. The Morgan fingerprint density at radius 1 is 1.25 bits per heavy atom. The number of nitrogens with zero attached hydrogens (tertiary/aromatic N) is 1. The predicted octanol–water partition coefficient (Wildman–Crippen LogP) is 3.52. The van der Waals surface area contributed by atoms with E-state index in [1.54, 1.807) is 18.9 Å². The van der Waals surface area contributed by atoms with E-state index < -0.39 is 0 Å². The second kappa shape index (κ2) is 7.31. The molecule has 1 atom stereocenters. The fourth-order valence-electron chi connectivity index (χ4n) is 1.85. The SMILES string of the molecule is CCC(N)Cc1ccc(Sc2ccccc2OC)nc1. The van der Waals surface area contributed by atoms with Gasteiger partial charge < -0.3 is 10.5 Å². The van der Waals surface area contributed by atoms with Gasteiger partial charge in [0.2, 0.25) is 0 Å². The van der Waals surface area contributed by atoms with Gasteiger partial charge in [0.15, 0.2) is 0 Å². The van der Waals surface area contributed by atoms with Crippen LogP contribution in [0.1, 0.15) is 18.9 Å². The van der Waals surface area contributed by atoms with Gasteiger partial charge in [-0.05, 0) is 36.6 Å². The highest BCUT2D eigenvalue weighted by atomic mass is 32.2. The van der Waals surface area contributed by atoms with Crippen LogP contribution in [0, 0.1) is 0 Å². The Bertz CT molecular complexity index is 542. The fraction of sp³-hybridized carbons (Fsp3) is 0.312. The number of hydrogen-bond donors (Lipinski definition) is 1. The Morgan fingerprint density at radius 2 is 2.05 bits per heavy atom. The van der Waals surface area contributed by atoms with Gasteiger partial charge in [0.25, 0.3) is 0 Å². The third kappa shape index (κ3) is 3.99. The second-order valence-corrected chi connectivity index (χ2v) is 5.69. The quantitative estimate of drug-likeness (QED) is 0.883. The summed E-state index contributed by atoms with van der Waals surface area (Å²) in [4.78, 5) is 5.56. The first-order chi connectivity index (χ1) is 9.72. The lowest BCUT2D eigenvalue weighted by molar-refractivity contribution is 0.405. The average molecular weight is 288 g/mol. The van der Waals surface area contributed by atoms with Crippen LogP contribution in [0.4, 0.5) is 0 Å². The molecule has 20 heavy (non-hydrogen) atoms. The van der Waals surface area contributed by atoms with Crippen LogP contribution in [0.25, 0.3) is 0 Å². The maximum atomic E-state index is 5.95. The number of nitrogens with two attached hydrogens (primary N) is 1. The van der Waals surface area contributed by atoms with E-state index in [-0.39, 0.29) is 6.04 Å². The van der Waals surface area contributed by atoms with Gasteiger partial charge in [-0.15, -0.1) is 0 Å². The first kappa shape index (κ1) is 14.9. The summed E-state index contributed by atoms with van der Waals surface area (Å²) in [6.45, 7) is 2.10. The molecule has 1 heterocycles. The number of pyridine rings is 1. The molecule has 106 valence electrons. The standard InChI is InChI=1S/C16H20N2OS/c1-3-13(17)10-12-8-9-16(18-11-12)20-15-7-5-4-6-14(15)19-2/h4-9,11,13H,3,10,17H2,1-2H3. The minimum Gasteiger partial charge on any atom is -0.496 e. The highest BCUT2D eigenvalue weighted by Crippen LogP contribution is 2.33. The van der Waals surface area contributed by atoms with E-state index in [4.69, 9.17) is 10.5 Å². The van der Waals surface area contributed by atoms with Crippen molar-refractivity contribution in [2.24, 2.45) is 5.73 Å². The Labute approximate surface area is 124 Å². The lowest BCUT2D eigenvalue weighted by Gasteiger charge is -2.09. The van der Waals surface area contributed by atoms with E-state index in [0.717, 1.165) is 28.5 Å². The summed E-state index contributed by atoms with van der Waals surface area (Å²) >= 11 is 1.60. The second-order valence-electron chi connectivity index (χ2n) is 4.63. The molecule has 0 aliphatic carbocycles. The molecule has 0 spiro atoms. The van der Waals surface area contributed by atoms with Crippen molar-refractivity contribution in [3.63, 3.8) is 0 Å². The molecule has 0 fully saturated rings. The normalized spacial score (nSPS) is 12.2. The van der Waals surface area contributed by atoms with Gasteiger partial charge in [-0.1, -0.05) is 36.9 Å². The molecule has 2 N–H and O–H groups in total. The van der Waals surface area contributed by atoms with Gasteiger partial charge in [-0.2, -0.15) is 0 Å². The van der Waals surface area contributed by atoms with Gasteiger partial charge in [-0.25, -0.2) is 4.98 Å². The summed E-state index contributed by atoms with van der Waals surface area (Å²) in [6, 6.07) is 12.3.